The molecule has 0 saturated heterocycles. The van der Waals surface area contributed by atoms with Crippen molar-refractivity contribution in [2.75, 3.05) is 7.05 Å². The fourth-order valence-corrected chi connectivity index (χ4v) is 2.25. The average Bonchev–Trinajstić information content (AvgIpc) is 2.96. The molecule has 3 amide bonds. The lowest BCUT2D eigenvalue weighted by Crippen LogP contribution is -2.50. The number of furan rings is 1. The summed E-state index contributed by atoms with van der Waals surface area (Å²) in [6.07, 6.45) is 0.846. The van der Waals surface area contributed by atoms with Crippen molar-refractivity contribution >= 4 is 22.9 Å². The minimum absolute atomic E-state index is 0.0881. The quantitative estimate of drug-likeness (QED) is 0.855. The van der Waals surface area contributed by atoms with E-state index >= 15 is 0 Å². The van der Waals surface area contributed by atoms with Crippen LogP contribution in [-0.2, 0) is 11.3 Å². The molecular formula is C18H25N3O3. The molecule has 2 N–H and O–H groups in total. The molecule has 1 aromatic carbocycles. The fraction of sp³-hybridized carbons (Fsp3) is 0.444. The molecule has 2 aromatic rings. The van der Waals surface area contributed by atoms with Gasteiger partial charge in [-0.15, -0.1) is 0 Å². The predicted molar refractivity (Wildman–Crippen MR) is 93.6 cm³/mol. The van der Waals surface area contributed by atoms with Gasteiger partial charge in [-0.3, -0.25) is 4.79 Å². The van der Waals surface area contributed by atoms with Crippen LogP contribution in [0.5, 0.6) is 0 Å². The fourth-order valence-electron chi connectivity index (χ4n) is 2.25. The molecule has 130 valence electrons. The van der Waals surface area contributed by atoms with Crippen molar-refractivity contribution in [1.82, 2.24) is 15.5 Å². The van der Waals surface area contributed by atoms with Crippen molar-refractivity contribution < 1.29 is 14.0 Å². The van der Waals surface area contributed by atoms with Crippen LogP contribution < -0.4 is 10.6 Å². The van der Waals surface area contributed by atoms with Crippen LogP contribution in [0.15, 0.2) is 34.7 Å². The van der Waals surface area contributed by atoms with Gasteiger partial charge in [0.05, 0.1) is 6.54 Å². The maximum absolute atomic E-state index is 12.2. The standard InChI is InChI=1S/C18H25N3O3/c1-5-12(2)19-17(22)13(3)20-18(23)21(4)11-15-10-14-8-6-7-9-16(14)24-15/h6-10,12-13H,5,11H2,1-4H3,(H,19,22)(H,20,23)/t12-,13-/m1/s1. The Morgan fingerprint density at radius 3 is 2.58 bits per heavy atom. The molecular weight excluding hydrogens is 306 g/mol. The van der Waals surface area contributed by atoms with Gasteiger partial charge in [0.15, 0.2) is 0 Å². The number of nitrogens with one attached hydrogen (secondary N) is 2. The highest BCUT2D eigenvalue weighted by atomic mass is 16.3. The first-order valence-corrected chi connectivity index (χ1v) is 8.20. The zero-order valence-corrected chi connectivity index (χ0v) is 14.6. The van der Waals surface area contributed by atoms with E-state index in [-0.39, 0.29) is 18.0 Å². The number of rotatable bonds is 6. The number of amides is 3. The van der Waals surface area contributed by atoms with E-state index in [2.05, 4.69) is 10.6 Å². The summed E-state index contributed by atoms with van der Waals surface area (Å²) in [5.74, 6) is 0.514. The van der Waals surface area contributed by atoms with Crippen LogP contribution >= 0.6 is 0 Å². The SMILES string of the molecule is CC[C@@H](C)NC(=O)[C@@H](C)NC(=O)N(C)Cc1cc2ccccc2o1. The van der Waals surface area contributed by atoms with Crippen LogP contribution in [0.2, 0.25) is 0 Å². The zero-order valence-electron chi connectivity index (χ0n) is 14.6. The van der Waals surface area contributed by atoms with Crippen LogP contribution in [0, 0.1) is 0 Å². The van der Waals surface area contributed by atoms with Crippen molar-refractivity contribution in [1.29, 1.82) is 0 Å². The van der Waals surface area contributed by atoms with Gasteiger partial charge in [0, 0.05) is 18.5 Å². The number of benzene rings is 1. The predicted octanol–water partition coefficient (Wildman–Crippen LogP) is 2.88. The van der Waals surface area contributed by atoms with Crippen molar-refractivity contribution in [3.8, 4) is 0 Å². The number of hydrogen-bond donors (Lipinski definition) is 2. The minimum atomic E-state index is -0.593. The van der Waals surface area contributed by atoms with E-state index in [0.29, 0.717) is 12.3 Å². The number of para-hydroxylation sites is 1. The summed E-state index contributed by atoms with van der Waals surface area (Å²) >= 11 is 0. The van der Waals surface area contributed by atoms with Gasteiger partial charge in [-0.2, -0.15) is 0 Å². The lowest BCUT2D eigenvalue weighted by molar-refractivity contribution is -0.123. The van der Waals surface area contributed by atoms with Crippen LogP contribution in [-0.4, -0.2) is 36.0 Å². The average molecular weight is 331 g/mol. The van der Waals surface area contributed by atoms with Crippen molar-refractivity contribution in [3.63, 3.8) is 0 Å². The molecule has 6 nitrogen and oxygen atoms in total. The molecule has 0 fully saturated rings. The van der Waals surface area contributed by atoms with E-state index in [1.165, 1.54) is 4.90 Å². The van der Waals surface area contributed by atoms with E-state index < -0.39 is 6.04 Å². The first-order chi connectivity index (χ1) is 11.4. The number of carbonyl (C=O) groups excluding carboxylic acids is 2. The summed E-state index contributed by atoms with van der Waals surface area (Å²) in [7, 11) is 1.67. The number of urea groups is 1. The minimum Gasteiger partial charge on any atom is -0.459 e. The molecule has 1 heterocycles. The molecule has 0 aliphatic heterocycles. The van der Waals surface area contributed by atoms with Gasteiger partial charge in [-0.25, -0.2) is 4.79 Å². The number of hydrogen-bond acceptors (Lipinski definition) is 3. The third-order valence-electron chi connectivity index (χ3n) is 3.95. The lowest BCUT2D eigenvalue weighted by atomic mass is 10.2. The Balaban J connectivity index is 1.90. The van der Waals surface area contributed by atoms with E-state index in [9.17, 15) is 9.59 Å². The van der Waals surface area contributed by atoms with Crippen LogP contribution in [0.3, 0.4) is 0 Å². The summed E-state index contributed by atoms with van der Waals surface area (Å²) in [5, 5.41) is 6.55. The Bertz CT molecular complexity index is 677. The molecule has 0 bridgehead atoms. The maximum atomic E-state index is 12.2. The van der Waals surface area contributed by atoms with Gasteiger partial charge in [-0.1, -0.05) is 25.1 Å². The summed E-state index contributed by atoms with van der Waals surface area (Å²) in [6.45, 7) is 5.93. The molecule has 0 aliphatic rings. The van der Waals surface area contributed by atoms with E-state index in [0.717, 1.165) is 17.4 Å². The molecule has 2 rings (SSSR count). The largest absolute Gasteiger partial charge is 0.459 e. The lowest BCUT2D eigenvalue weighted by Gasteiger charge is -2.21. The number of nitrogens with zero attached hydrogens (tertiary/aromatic N) is 1. The summed E-state index contributed by atoms with van der Waals surface area (Å²) in [6, 6.07) is 8.79. The van der Waals surface area contributed by atoms with Gasteiger partial charge in [0.25, 0.3) is 0 Å². The Morgan fingerprint density at radius 2 is 1.92 bits per heavy atom. The van der Waals surface area contributed by atoms with E-state index in [1.807, 2.05) is 44.2 Å². The molecule has 2 atom stereocenters. The van der Waals surface area contributed by atoms with Gasteiger partial charge >= 0.3 is 6.03 Å². The first-order valence-electron chi connectivity index (χ1n) is 8.20. The third kappa shape index (κ3) is 4.50. The highest BCUT2D eigenvalue weighted by Gasteiger charge is 2.19. The summed E-state index contributed by atoms with van der Waals surface area (Å²) in [5.41, 5.74) is 0.794. The van der Waals surface area contributed by atoms with Gasteiger partial charge < -0.3 is 20.0 Å². The highest BCUT2D eigenvalue weighted by Crippen LogP contribution is 2.19. The smallest absolute Gasteiger partial charge is 0.318 e. The van der Waals surface area contributed by atoms with Crippen LogP contribution in [0.4, 0.5) is 4.79 Å². The number of fused-ring (bicyclic) bond motifs is 1. The maximum Gasteiger partial charge on any atom is 0.318 e. The second kappa shape index (κ2) is 7.86. The molecule has 1 aromatic heterocycles. The Hall–Kier alpha value is -2.50. The molecule has 0 spiro atoms. The van der Waals surface area contributed by atoms with Crippen molar-refractivity contribution in [2.45, 2.75) is 45.8 Å². The molecule has 0 unspecified atom stereocenters. The molecule has 24 heavy (non-hydrogen) atoms. The van der Waals surface area contributed by atoms with Gasteiger partial charge in [-0.05, 0) is 32.4 Å². The Morgan fingerprint density at radius 1 is 1.21 bits per heavy atom. The molecule has 6 heteroatoms. The second-order valence-electron chi connectivity index (χ2n) is 6.10. The molecule has 0 aliphatic carbocycles. The van der Waals surface area contributed by atoms with Gasteiger partial charge in [0.2, 0.25) is 5.91 Å². The summed E-state index contributed by atoms with van der Waals surface area (Å²) in [4.78, 5) is 25.7. The summed E-state index contributed by atoms with van der Waals surface area (Å²) < 4.78 is 5.71. The van der Waals surface area contributed by atoms with Crippen molar-refractivity contribution in [3.05, 3.63) is 36.1 Å². The second-order valence-corrected chi connectivity index (χ2v) is 6.10. The monoisotopic (exact) mass is 331 g/mol. The first kappa shape index (κ1) is 17.8. The topological polar surface area (TPSA) is 74.6 Å². The van der Waals surface area contributed by atoms with Gasteiger partial charge in [0.1, 0.15) is 17.4 Å². The Labute approximate surface area is 142 Å². The molecule has 0 radical (unpaired) electrons. The highest BCUT2D eigenvalue weighted by molar-refractivity contribution is 5.86. The molecule has 0 saturated carbocycles. The Kier molecular flexibility index (Phi) is 5.84. The third-order valence-corrected chi connectivity index (χ3v) is 3.95. The zero-order chi connectivity index (χ0) is 17.7. The van der Waals surface area contributed by atoms with E-state index in [1.54, 1.807) is 14.0 Å². The van der Waals surface area contributed by atoms with Crippen LogP contribution in [0.1, 0.15) is 33.0 Å². The van der Waals surface area contributed by atoms with E-state index in [4.69, 9.17) is 4.42 Å². The van der Waals surface area contributed by atoms with Crippen LogP contribution in [0.25, 0.3) is 11.0 Å². The normalized spacial score (nSPS) is 13.3. The number of carbonyl (C=O) groups is 2. The van der Waals surface area contributed by atoms with Crippen molar-refractivity contribution in [2.24, 2.45) is 0 Å².